The van der Waals surface area contributed by atoms with E-state index in [4.69, 9.17) is 4.74 Å². The summed E-state index contributed by atoms with van der Waals surface area (Å²) in [5.41, 5.74) is -0.774. The Hall–Kier alpha value is -0.840. The second-order valence-electron chi connectivity index (χ2n) is 4.63. The lowest BCUT2D eigenvalue weighted by Gasteiger charge is -2.22. The van der Waals surface area contributed by atoms with Crippen LogP contribution in [-0.2, 0) is 6.18 Å². The molecule has 1 aromatic rings. The molecule has 1 rings (SSSR count). The Labute approximate surface area is 104 Å². The van der Waals surface area contributed by atoms with Crippen LogP contribution >= 0.6 is 12.6 Å². The number of alkyl halides is 3. The second kappa shape index (κ2) is 5.21. The maximum Gasteiger partial charge on any atom is 0.416 e. The van der Waals surface area contributed by atoms with Gasteiger partial charge < -0.3 is 4.74 Å². The minimum absolute atomic E-state index is 0.105. The predicted octanol–water partition coefficient (Wildman–Crippen LogP) is 4.04. The van der Waals surface area contributed by atoms with Crippen LogP contribution in [0.2, 0.25) is 0 Å². The molecule has 96 valence electrons. The number of hydrogen-bond donors (Lipinski definition) is 1. The van der Waals surface area contributed by atoms with Gasteiger partial charge in [0, 0.05) is 5.41 Å². The lowest BCUT2D eigenvalue weighted by Crippen LogP contribution is -2.23. The maximum atomic E-state index is 12.3. The monoisotopic (exact) mass is 264 g/mol. The lowest BCUT2D eigenvalue weighted by molar-refractivity contribution is -0.137. The molecule has 0 spiro atoms. The van der Waals surface area contributed by atoms with Gasteiger partial charge in [-0.3, -0.25) is 0 Å². The number of thiol groups is 1. The molecule has 0 saturated carbocycles. The molecule has 5 heteroatoms. The largest absolute Gasteiger partial charge is 0.493 e. The van der Waals surface area contributed by atoms with Crippen LogP contribution in [0.15, 0.2) is 24.3 Å². The van der Waals surface area contributed by atoms with Gasteiger partial charge in [-0.25, -0.2) is 0 Å². The predicted molar refractivity (Wildman–Crippen MR) is 64.6 cm³/mol. The molecule has 0 unspecified atom stereocenters. The zero-order valence-corrected chi connectivity index (χ0v) is 10.6. The summed E-state index contributed by atoms with van der Waals surface area (Å²) in [5, 5.41) is 0. The smallest absolute Gasteiger partial charge is 0.416 e. The van der Waals surface area contributed by atoms with Crippen LogP contribution in [0.25, 0.3) is 0 Å². The summed E-state index contributed by atoms with van der Waals surface area (Å²) in [6, 6.07) is 4.70. The molecule has 0 heterocycles. The zero-order chi connectivity index (χ0) is 13.1. The molecular formula is C12H15F3OS. The number of hydrogen-bond acceptors (Lipinski definition) is 2. The molecule has 1 aromatic carbocycles. The first-order valence-corrected chi connectivity index (χ1v) is 5.79. The summed E-state index contributed by atoms with van der Waals surface area (Å²) < 4.78 is 42.3. The van der Waals surface area contributed by atoms with E-state index in [1.807, 2.05) is 13.8 Å². The van der Waals surface area contributed by atoms with Crippen LogP contribution in [0.1, 0.15) is 19.4 Å². The second-order valence-corrected chi connectivity index (χ2v) is 4.95. The van der Waals surface area contributed by atoms with Gasteiger partial charge in [0.2, 0.25) is 0 Å². The number of ether oxygens (including phenoxy) is 1. The van der Waals surface area contributed by atoms with E-state index in [9.17, 15) is 13.2 Å². The minimum Gasteiger partial charge on any atom is -0.493 e. The zero-order valence-electron chi connectivity index (χ0n) is 9.71. The van der Waals surface area contributed by atoms with Crippen molar-refractivity contribution in [1.29, 1.82) is 0 Å². The van der Waals surface area contributed by atoms with Crippen molar-refractivity contribution in [2.24, 2.45) is 5.41 Å². The van der Waals surface area contributed by atoms with Gasteiger partial charge >= 0.3 is 6.18 Å². The molecule has 1 nitrogen and oxygen atoms in total. The average Bonchev–Trinajstić information content (AvgIpc) is 2.26. The first-order chi connectivity index (χ1) is 7.74. The molecule has 0 fully saturated rings. The molecule has 0 atom stereocenters. The van der Waals surface area contributed by atoms with Gasteiger partial charge in [-0.2, -0.15) is 25.8 Å². The molecule has 0 amide bonds. The van der Waals surface area contributed by atoms with Crippen LogP contribution < -0.4 is 4.74 Å². The molecule has 0 N–H and O–H groups in total. The van der Waals surface area contributed by atoms with Gasteiger partial charge in [0.15, 0.2) is 0 Å². The Morgan fingerprint density at radius 2 is 1.65 bits per heavy atom. The van der Waals surface area contributed by atoms with E-state index >= 15 is 0 Å². The van der Waals surface area contributed by atoms with E-state index in [2.05, 4.69) is 12.6 Å². The fourth-order valence-electron chi connectivity index (χ4n) is 1.06. The van der Waals surface area contributed by atoms with Crippen molar-refractivity contribution in [1.82, 2.24) is 0 Å². The first kappa shape index (κ1) is 14.2. The van der Waals surface area contributed by atoms with Gasteiger partial charge in [-0.05, 0) is 30.0 Å². The Morgan fingerprint density at radius 3 is 2.06 bits per heavy atom. The summed E-state index contributed by atoms with van der Waals surface area (Å²) in [7, 11) is 0. The summed E-state index contributed by atoms with van der Waals surface area (Å²) in [5.74, 6) is 1.08. The number of halogens is 3. The molecule has 0 aromatic heterocycles. The highest BCUT2D eigenvalue weighted by Crippen LogP contribution is 2.30. The third-order valence-electron chi connectivity index (χ3n) is 2.24. The fourth-order valence-corrected chi connectivity index (χ4v) is 1.16. The lowest BCUT2D eigenvalue weighted by atomic mass is 9.98. The SMILES string of the molecule is CC(C)(CS)COc1ccc(C(F)(F)F)cc1. The highest BCUT2D eigenvalue weighted by molar-refractivity contribution is 7.80. The average molecular weight is 264 g/mol. The van der Waals surface area contributed by atoms with E-state index < -0.39 is 11.7 Å². The highest BCUT2D eigenvalue weighted by atomic mass is 32.1. The number of benzene rings is 1. The highest BCUT2D eigenvalue weighted by Gasteiger charge is 2.30. The number of rotatable bonds is 4. The maximum absolute atomic E-state index is 12.3. The van der Waals surface area contributed by atoms with Crippen molar-refractivity contribution < 1.29 is 17.9 Å². The van der Waals surface area contributed by atoms with Crippen molar-refractivity contribution in [3.8, 4) is 5.75 Å². The van der Waals surface area contributed by atoms with E-state index in [-0.39, 0.29) is 5.41 Å². The van der Waals surface area contributed by atoms with Gasteiger partial charge in [0.05, 0.1) is 12.2 Å². The van der Waals surface area contributed by atoms with Gasteiger partial charge in [0.1, 0.15) is 5.75 Å². The third kappa shape index (κ3) is 4.50. The molecule has 0 aliphatic rings. The van der Waals surface area contributed by atoms with E-state index in [0.29, 0.717) is 18.1 Å². The van der Waals surface area contributed by atoms with Crippen LogP contribution in [0.4, 0.5) is 13.2 Å². The molecule has 0 bridgehead atoms. The topological polar surface area (TPSA) is 9.23 Å². The van der Waals surface area contributed by atoms with Crippen LogP contribution in [0.3, 0.4) is 0 Å². The van der Waals surface area contributed by atoms with Crippen molar-refractivity contribution >= 4 is 12.6 Å². The summed E-state index contributed by atoms with van der Waals surface area (Å²) in [6.45, 7) is 4.37. The Bertz CT molecular complexity index is 357. The fraction of sp³-hybridized carbons (Fsp3) is 0.500. The Morgan fingerprint density at radius 1 is 1.12 bits per heavy atom. The minimum atomic E-state index is -4.30. The van der Waals surface area contributed by atoms with Crippen molar-refractivity contribution in [2.75, 3.05) is 12.4 Å². The Kier molecular flexibility index (Phi) is 4.36. The molecule has 0 saturated heterocycles. The molecule has 17 heavy (non-hydrogen) atoms. The van der Waals surface area contributed by atoms with Crippen LogP contribution in [0, 0.1) is 5.41 Å². The summed E-state index contributed by atoms with van der Waals surface area (Å²) >= 11 is 4.17. The standard InChI is InChI=1S/C12H15F3OS/c1-11(2,8-17)7-16-10-5-3-9(4-6-10)12(13,14)15/h3-6,17H,7-8H2,1-2H3. The Balaban J connectivity index is 2.64. The third-order valence-corrected chi connectivity index (χ3v) is 3.10. The van der Waals surface area contributed by atoms with Crippen LogP contribution in [-0.4, -0.2) is 12.4 Å². The van der Waals surface area contributed by atoms with Gasteiger partial charge in [-0.15, -0.1) is 0 Å². The summed E-state index contributed by atoms with van der Waals surface area (Å²) in [6.07, 6.45) is -4.30. The van der Waals surface area contributed by atoms with E-state index in [1.165, 1.54) is 12.1 Å². The molecular weight excluding hydrogens is 249 g/mol. The van der Waals surface area contributed by atoms with Crippen molar-refractivity contribution in [3.63, 3.8) is 0 Å². The van der Waals surface area contributed by atoms with Gasteiger partial charge in [-0.1, -0.05) is 13.8 Å². The quantitative estimate of drug-likeness (QED) is 0.807. The molecule has 0 aliphatic carbocycles. The summed E-state index contributed by atoms with van der Waals surface area (Å²) in [4.78, 5) is 0. The molecule has 0 radical (unpaired) electrons. The normalized spacial score (nSPS) is 12.6. The van der Waals surface area contributed by atoms with Crippen molar-refractivity contribution in [3.05, 3.63) is 29.8 Å². The first-order valence-electron chi connectivity index (χ1n) is 5.15. The van der Waals surface area contributed by atoms with E-state index in [0.717, 1.165) is 12.1 Å². The van der Waals surface area contributed by atoms with E-state index in [1.54, 1.807) is 0 Å². The van der Waals surface area contributed by atoms with Crippen LogP contribution in [0.5, 0.6) is 5.75 Å². The van der Waals surface area contributed by atoms with Crippen molar-refractivity contribution in [2.45, 2.75) is 20.0 Å². The molecule has 0 aliphatic heterocycles. The van der Waals surface area contributed by atoms with Gasteiger partial charge in [0.25, 0.3) is 0 Å².